The molecule has 1 rings (SSSR count). The van der Waals surface area contributed by atoms with E-state index in [9.17, 15) is 4.79 Å². The van der Waals surface area contributed by atoms with Crippen molar-refractivity contribution in [2.45, 2.75) is 26.2 Å². The first-order valence-corrected chi connectivity index (χ1v) is 5.99. The molecule has 0 aliphatic carbocycles. The van der Waals surface area contributed by atoms with Crippen molar-refractivity contribution < 1.29 is 9.63 Å². The monoisotopic (exact) mass is 243 g/mol. The van der Waals surface area contributed by atoms with Crippen molar-refractivity contribution in [1.82, 2.24) is 9.44 Å². The predicted molar refractivity (Wildman–Crippen MR) is 64.5 cm³/mol. The van der Waals surface area contributed by atoms with Gasteiger partial charge in [0.1, 0.15) is 5.00 Å². The molecule has 0 aromatic carbocycles. The number of nitrogens with one attached hydrogen (secondary N) is 1. The molecule has 0 fully saturated rings. The third-order valence-corrected chi connectivity index (χ3v) is 2.88. The number of aryl methyl sites for hydroxylation is 1. The minimum absolute atomic E-state index is 0.298. The molecular formula is C10H17N3O2S. The summed E-state index contributed by atoms with van der Waals surface area (Å²) in [5, 5.41) is 4.59. The zero-order chi connectivity index (χ0) is 12.0. The van der Waals surface area contributed by atoms with E-state index in [2.05, 4.69) is 16.6 Å². The van der Waals surface area contributed by atoms with Gasteiger partial charge in [-0.25, -0.2) is 9.86 Å². The molecule has 1 aromatic rings. The summed E-state index contributed by atoms with van der Waals surface area (Å²) in [6.45, 7) is 2.14. The lowest BCUT2D eigenvalue weighted by Crippen LogP contribution is -2.29. The molecule has 1 aromatic heterocycles. The number of aromatic nitrogens is 1. The molecular weight excluding hydrogens is 226 g/mol. The van der Waals surface area contributed by atoms with E-state index in [0.29, 0.717) is 0 Å². The highest BCUT2D eigenvalue weighted by Crippen LogP contribution is 2.18. The minimum atomic E-state index is -0.298. The standard InChI is InChI=1S/C10H17N3O2S/c1-4-5-6-8-7-9(16-12-8)11-10(14)13(2)15-3/h7H,4-6H2,1-3H3,(H,11,14). The first-order valence-electron chi connectivity index (χ1n) is 5.21. The zero-order valence-corrected chi connectivity index (χ0v) is 10.6. The number of unbranched alkanes of at least 4 members (excludes halogenated alkanes) is 1. The van der Waals surface area contributed by atoms with Gasteiger partial charge >= 0.3 is 6.03 Å². The summed E-state index contributed by atoms with van der Waals surface area (Å²) >= 11 is 1.29. The number of anilines is 1. The largest absolute Gasteiger partial charge is 0.346 e. The van der Waals surface area contributed by atoms with Crippen LogP contribution in [0.2, 0.25) is 0 Å². The molecule has 0 saturated heterocycles. The molecule has 0 aliphatic heterocycles. The highest BCUT2D eigenvalue weighted by molar-refractivity contribution is 7.10. The summed E-state index contributed by atoms with van der Waals surface area (Å²) in [5.41, 5.74) is 1.03. The van der Waals surface area contributed by atoms with E-state index in [1.807, 2.05) is 6.07 Å². The highest BCUT2D eigenvalue weighted by atomic mass is 32.1. The lowest BCUT2D eigenvalue weighted by atomic mass is 10.2. The van der Waals surface area contributed by atoms with Gasteiger partial charge in [0.2, 0.25) is 0 Å². The van der Waals surface area contributed by atoms with E-state index in [1.54, 1.807) is 7.05 Å². The van der Waals surface area contributed by atoms with Crippen LogP contribution in [0.15, 0.2) is 6.07 Å². The van der Waals surface area contributed by atoms with Crippen LogP contribution in [0, 0.1) is 0 Å². The van der Waals surface area contributed by atoms with Gasteiger partial charge in [0, 0.05) is 7.05 Å². The van der Waals surface area contributed by atoms with E-state index >= 15 is 0 Å². The van der Waals surface area contributed by atoms with Crippen LogP contribution in [0.1, 0.15) is 25.5 Å². The Balaban J connectivity index is 2.48. The van der Waals surface area contributed by atoms with Gasteiger partial charge in [0.15, 0.2) is 0 Å². The summed E-state index contributed by atoms with van der Waals surface area (Å²) in [5.74, 6) is 0. The SMILES string of the molecule is CCCCc1cc(NC(=O)N(C)OC)sn1. The van der Waals surface area contributed by atoms with Gasteiger partial charge in [0.05, 0.1) is 12.8 Å². The first-order chi connectivity index (χ1) is 7.67. The number of amides is 2. The van der Waals surface area contributed by atoms with Crippen LogP contribution in [0.25, 0.3) is 0 Å². The quantitative estimate of drug-likeness (QED) is 0.808. The van der Waals surface area contributed by atoms with Crippen molar-refractivity contribution in [2.24, 2.45) is 0 Å². The maximum absolute atomic E-state index is 11.4. The van der Waals surface area contributed by atoms with Gasteiger partial charge in [-0.15, -0.1) is 0 Å². The Morgan fingerprint density at radius 1 is 1.69 bits per heavy atom. The Kier molecular flexibility index (Phi) is 5.21. The van der Waals surface area contributed by atoms with Crippen molar-refractivity contribution in [3.8, 4) is 0 Å². The van der Waals surface area contributed by atoms with Crippen LogP contribution in [-0.2, 0) is 11.3 Å². The average molecular weight is 243 g/mol. The Morgan fingerprint density at radius 2 is 2.44 bits per heavy atom. The number of hydroxylamine groups is 2. The maximum Gasteiger partial charge on any atom is 0.346 e. The Hall–Kier alpha value is -1.14. The number of rotatable bonds is 5. The number of hydrogen-bond donors (Lipinski definition) is 1. The van der Waals surface area contributed by atoms with E-state index in [0.717, 1.165) is 35.0 Å². The first kappa shape index (κ1) is 12.9. The van der Waals surface area contributed by atoms with E-state index < -0.39 is 0 Å². The number of carbonyl (C=O) groups is 1. The van der Waals surface area contributed by atoms with E-state index in [-0.39, 0.29) is 6.03 Å². The fourth-order valence-corrected chi connectivity index (χ4v) is 1.79. The lowest BCUT2D eigenvalue weighted by molar-refractivity contribution is -0.0597. The van der Waals surface area contributed by atoms with Crippen LogP contribution in [0.4, 0.5) is 9.80 Å². The molecule has 0 radical (unpaired) electrons. The molecule has 90 valence electrons. The van der Waals surface area contributed by atoms with Crippen molar-refractivity contribution in [3.05, 3.63) is 11.8 Å². The van der Waals surface area contributed by atoms with Crippen molar-refractivity contribution >= 4 is 22.6 Å². The van der Waals surface area contributed by atoms with E-state index in [1.165, 1.54) is 18.6 Å². The van der Waals surface area contributed by atoms with Crippen LogP contribution in [0.3, 0.4) is 0 Å². The second-order valence-corrected chi connectivity index (χ2v) is 4.20. The summed E-state index contributed by atoms with van der Waals surface area (Å²) in [6, 6.07) is 1.61. The van der Waals surface area contributed by atoms with Gasteiger partial charge in [-0.05, 0) is 30.4 Å². The maximum atomic E-state index is 11.4. The molecule has 16 heavy (non-hydrogen) atoms. The van der Waals surface area contributed by atoms with Crippen LogP contribution < -0.4 is 5.32 Å². The molecule has 0 atom stereocenters. The molecule has 0 spiro atoms. The summed E-state index contributed by atoms with van der Waals surface area (Å²) < 4.78 is 4.26. The molecule has 0 saturated carbocycles. The van der Waals surface area contributed by atoms with Crippen molar-refractivity contribution in [2.75, 3.05) is 19.5 Å². The highest BCUT2D eigenvalue weighted by Gasteiger charge is 2.09. The van der Waals surface area contributed by atoms with Gasteiger partial charge < -0.3 is 0 Å². The molecule has 1 N–H and O–H groups in total. The second kappa shape index (κ2) is 6.44. The van der Waals surface area contributed by atoms with Gasteiger partial charge in [-0.3, -0.25) is 10.2 Å². The minimum Gasteiger partial charge on any atom is -0.296 e. The summed E-state index contributed by atoms with van der Waals surface area (Å²) in [6.07, 6.45) is 3.23. The second-order valence-electron chi connectivity index (χ2n) is 3.40. The average Bonchev–Trinajstić information content (AvgIpc) is 2.72. The van der Waals surface area contributed by atoms with Crippen molar-refractivity contribution in [1.29, 1.82) is 0 Å². The normalized spacial score (nSPS) is 10.2. The lowest BCUT2D eigenvalue weighted by Gasteiger charge is -2.12. The smallest absolute Gasteiger partial charge is 0.296 e. The number of nitrogens with zero attached hydrogens (tertiary/aromatic N) is 2. The summed E-state index contributed by atoms with van der Waals surface area (Å²) in [4.78, 5) is 16.2. The molecule has 6 heteroatoms. The topological polar surface area (TPSA) is 54.5 Å². The fourth-order valence-electron chi connectivity index (χ4n) is 1.11. The number of hydrogen-bond acceptors (Lipinski definition) is 4. The molecule has 0 bridgehead atoms. The Morgan fingerprint density at radius 3 is 3.06 bits per heavy atom. The van der Waals surface area contributed by atoms with E-state index in [4.69, 9.17) is 4.84 Å². The third-order valence-electron chi connectivity index (χ3n) is 2.14. The molecule has 2 amide bonds. The van der Waals surface area contributed by atoms with Crippen LogP contribution >= 0.6 is 11.5 Å². The number of carbonyl (C=O) groups excluding carboxylic acids is 1. The molecule has 5 nitrogen and oxygen atoms in total. The van der Waals surface area contributed by atoms with Gasteiger partial charge in [-0.1, -0.05) is 13.3 Å². The fraction of sp³-hybridized carbons (Fsp3) is 0.600. The number of urea groups is 1. The van der Waals surface area contributed by atoms with Crippen LogP contribution in [-0.4, -0.2) is 29.6 Å². The molecule has 0 unspecified atom stereocenters. The third kappa shape index (κ3) is 3.79. The van der Waals surface area contributed by atoms with Crippen LogP contribution in [0.5, 0.6) is 0 Å². The Bertz CT molecular complexity index is 341. The van der Waals surface area contributed by atoms with Crippen molar-refractivity contribution in [3.63, 3.8) is 0 Å². The Labute approximate surface area is 99.5 Å². The summed E-state index contributed by atoms with van der Waals surface area (Å²) in [7, 11) is 2.99. The predicted octanol–water partition coefficient (Wildman–Crippen LogP) is 2.51. The molecule has 1 heterocycles. The molecule has 0 aliphatic rings. The van der Waals surface area contributed by atoms with Gasteiger partial charge in [0.25, 0.3) is 0 Å². The van der Waals surface area contributed by atoms with Gasteiger partial charge in [-0.2, -0.15) is 4.37 Å². The zero-order valence-electron chi connectivity index (χ0n) is 9.82.